The second-order valence-electron chi connectivity index (χ2n) is 6.05. The van der Waals surface area contributed by atoms with Crippen molar-refractivity contribution < 1.29 is 0 Å². The highest BCUT2D eigenvalue weighted by Gasteiger charge is 2.16. The van der Waals surface area contributed by atoms with E-state index in [-0.39, 0.29) is 0 Å². The van der Waals surface area contributed by atoms with Crippen molar-refractivity contribution in [2.24, 2.45) is 0 Å². The van der Waals surface area contributed by atoms with Gasteiger partial charge in [-0.05, 0) is 23.8 Å². The van der Waals surface area contributed by atoms with Crippen LogP contribution in [0.15, 0.2) is 55.2 Å². The fourth-order valence-electron chi connectivity index (χ4n) is 3.22. The van der Waals surface area contributed by atoms with E-state index in [2.05, 4.69) is 59.8 Å². The Morgan fingerprint density at radius 3 is 2.84 bits per heavy atom. The number of aromatic amines is 1. The molecule has 0 unspecified atom stereocenters. The van der Waals surface area contributed by atoms with Gasteiger partial charge in [-0.15, -0.1) is 0 Å². The van der Waals surface area contributed by atoms with Gasteiger partial charge >= 0.3 is 0 Å². The van der Waals surface area contributed by atoms with Crippen molar-refractivity contribution in [1.29, 1.82) is 0 Å². The summed E-state index contributed by atoms with van der Waals surface area (Å²) in [5.74, 6) is 0.858. The fourth-order valence-corrected chi connectivity index (χ4v) is 3.22. The lowest BCUT2D eigenvalue weighted by Crippen LogP contribution is -2.28. The highest BCUT2D eigenvalue weighted by Crippen LogP contribution is 2.24. The van der Waals surface area contributed by atoms with E-state index in [4.69, 9.17) is 5.10 Å². The number of nitrogens with one attached hydrogen (secondary N) is 2. The van der Waals surface area contributed by atoms with Crippen LogP contribution in [0, 0.1) is 0 Å². The summed E-state index contributed by atoms with van der Waals surface area (Å²) in [6.07, 6.45) is 7.29. The zero-order valence-electron chi connectivity index (χ0n) is 13.6. The van der Waals surface area contributed by atoms with Gasteiger partial charge in [0.05, 0.1) is 30.5 Å². The van der Waals surface area contributed by atoms with Gasteiger partial charge < -0.3 is 10.3 Å². The molecule has 0 aliphatic carbocycles. The Bertz CT molecular complexity index is 969. The third kappa shape index (κ3) is 2.45. The Balaban J connectivity index is 1.51. The molecule has 25 heavy (non-hydrogen) atoms. The molecular formula is C18H17N7. The number of nitrogens with zero attached hydrogens (tertiary/aromatic N) is 5. The molecule has 124 valence electrons. The van der Waals surface area contributed by atoms with Crippen molar-refractivity contribution in [3.05, 3.63) is 60.9 Å². The molecule has 0 spiro atoms. The average Bonchev–Trinajstić information content (AvgIpc) is 3.41. The summed E-state index contributed by atoms with van der Waals surface area (Å²) in [5, 5.41) is 8.09. The molecule has 7 heteroatoms. The summed E-state index contributed by atoms with van der Waals surface area (Å²) < 4.78 is 4.13. The SMILES string of the molecule is c1cn(-c2ccc(-c3cnc[nH]3)cc2)c(-c2cc3n(n2)CCNC3)n1. The van der Waals surface area contributed by atoms with E-state index in [0.29, 0.717) is 0 Å². The molecule has 0 atom stereocenters. The van der Waals surface area contributed by atoms with Crippen LogP contribution in [0.1, 0.15) is 5.69 Å². The lowest BCUT2D eigenvalue weighted by atomic mass is 10.1. The minimum Gasteiger partial charge on any atom is -0.345 e. The van der Waals surface area contributed by atoms with E-state index >= 15 is 0 Å². The molecular weight excluding hydrogens is 314 g/mol. The van der Waals surface area contributed by atoms with Gasteiger partial charge in [0.15, 0.2) is 5.82 Å². The number of hydrogen-bond acceptors (Lipinski definition) is 4. The largest absolute Gasteiger partial charge is 0.345 e. The van der Waals surface area contributed by atoms with E-state index in [0.717, 1.165) is 48.1 Å². The van der Waals surface area contributed by atoms with Gasteiger partial charge in [0.25, 0.3) is 0 Å². The first-order valence-electron chi connectivity index (χ1n) is 8.29. The standard InChI is InChI=1S/C18H17N7/c1-3-14(4-2-13(1)17-11-20-12-22-17)24-7-6-21-18(24)16-9-15-10-19-5-8-25(15)23-16/h1-4,6-7,9,11-12,19H,5,8,10H2,(H,20,22). The van der Waals surface area contributed by atoms with E-state index in [1.165, 1.54) is 5.69 Å². The summed E-state index contributed by atoms with van der Waals surface area (Å²) in [6, 6.07) is 10.4. The molecule has 0 radical (unpaired) electrons. The average molecular weight is 331 g/mol. The van der Waals surface area contributed by atoms with E-state index in [9.17, 15) is 0 Å². The van der Waals surface area contributed by atoms with Gasteiger partial charge in [0.1, 0.15) is 5.69 Å². The predicted molar refractivity (Wildman–Crippen MR) is 94.1 cm³/mol. The molecule has 0 saturated carbocycles. The molecule has 3 aromatic heterocycles. The zero-order chi connectivity index (χ0) is 16.6. The maximum Gasteiger partial charge on any atom is 0.165 e. The van der Waals surface area contributed by atoms with Crippen LogP contribution in [0.4, 0.5) is 0 Å². The van der Waals surface area contributed by atoms with E-state index in [1.807, 2.05) is 18.6 Å². The molecule has 5 rings (SSSR count). The fraction of sp³-hybridized carbons (Fsp3) is 0.167. The number of rotatable bonds is 3. The third-order valence-electron chi connectivity index (χ3n) is 4.49. The van der Waals surface area contributed by atoms with Crippen molar-refractivity contribution >= 4 is 0 Å². The zero-order valence-corrected chi connectivity index (χ0v) is 13.6. The van der Waals surface area contributed by atoms with Crippen LogP contribution in [0.25, 0.3) is 28.5 Å². The first-order valence-corrected chi connectivity index (χ1v) is 8.29. The monoisotopic (exact) mass is 331 g/mol. The van der Waals surface area contributed by atoms with Crippen molar-refractivity contribution in [3.63, 3.8) is 0 Å². The predicted octanol–water partition coefficient (Wildman–Crippen LogP) is 2.23. The maximum absolute atomic E-state index is 4.72. The molecule has 0 fully saturated rings. The van der Waals surface area contributed by atoms with Crippen LogP contribution in [0.5, 0.6) is 0 Å². The highest BCUT2D eigenvalue weighted by molar-refractivity contribution is 5.61. The minimum atomic E-state index is 0.854. The van der Waals surface area contributed by atoms with Crippen LogP contribution in [-0.4, -0.2) is 35.8 Å². The summed E-state index contributed by atoms with van der Waals surface area (Å²) in [5.41, 5.74) is 5.27. The number of benzene rings is 1. The Morgan fingerprint density at radius 1 is 1.12 bits per heavy atom. The molecule has 1 aliphatic heterocycles. The minimum absolute atomic E-state index is 0.854. The Kier molecular flexibility index (Phi) is 3.24. The number of aromatic nitrogens is 6. The summed E-state index contributed by atoms with van der Waals surface area (Å²) in [6.45, 7) is 2.71. The van der Waals surface area contributed by atoms with Gasteiger partial charge in [0.2, 0.25) is 0 Å². The Morgan fingerprint density at radius 2 is 2.04 bits per heavy atom. The molecule has 2 N–H and O–H groups in total. The van der Waals surface area contributed by atoms with Gasteiger partial charge in [-0.25, -0.2) is 9.97 Å². The molecule has 0 saturated heterocycles. The number of H-pyrrole nitrogens is 1. The Labute approximate surface area is 144 Å². The second-order valence-corrected chi connectivity index (χ2v) is 6.05. The molecule has 1 aromatic carbocycles. The molecule has 7 nitrogen and oxygen atoms in total. The van der Waals surface area contributed by atoms with Gasteiger partial charge in [-0.3, -0.25) is 9.25 Å². The normalized spacial score (nSPS) is 13.8. The molecule has 0 amide bonds. The quantitative estimate of drug-likeness (QED) is 0.603. The Hall–Kier alpha value is -3.19. The van der Waals surface area contributed by atoms with Crippen molar-refractivity contribution in [1.82, 2.24) is 34.6 Å². The van der Waals surface area contributed by atoms with Crippen molar-refractivity contribution in [3.8, 4) is 28.5 Å². The van der Waals surface area contributed by atoms with Crippen LogP contribution in [0.3, 0.4) is 0 Å². The summed E-state index contributed by atoms with van der Waals surface area (Å²) in [4.78, 5) is 11.7. The summed E-state index contributed by atoms with van der Waals surface area (Å²) in [7, 11) is 0. The first kappa shape index (κ1) is 14.2. The lowest BCUT2D eigenvalue weighted by Gasteiger charge is -2.13. The van der Waals surface area contributed by atoms with Crippen LogP contribution in [0.2, 0.25) is 0 Å². The number of fused-ring (bicyclic) bond motifs is 1. The van der Waals surface area contributed by atoms with Crippen LogP contribution >= 0.6 is 0 Å². The van der Waals surface area contributed by atoms with E-state index < -0.39 is 0 Å². The van der Waals surface area contributed by atoms with Gasteiger partial charge in [-0.1, -0.05) is 12.1 Å². The lowest BCUT2D eigenvalue weighted by molar-refractivity contribution is 0.476. The van der Waals surface area contributed by atoms with E-state index in [1.54, 1.807) is 6.33 Å². The summed E-state index contributed by atoms with van der Waals surface area (Å²) >= 11 is 0. The van der Waals surface area contributed by atoms with Gasteiger partial charge in [-0.2, -0.15) is 5.10 Å². The van der Waals surface area contributed by atoms with Crippen LogP contribution < -0.4 is 5.32 Å². The molecule has 4 aromatic rings. The molecule has 4 heterocycles. The molecule has 1 aliphatic rings. The third-order valence-corrected chi connectivity index (χ3v) is 4.49. The van der Waals surface area contributed by atoms with Crippen molar-refractivity contribution in [2.75, 3.05) is 6.54 Å². The van der Waals surface area contributed by atoms with Crippen molar-refractivity contribution in [2.45, 2.75) is 13.1 Å². The smallest absolute Gasteiger partial charge is 0.165 e. The first-order chi connectivity index (χ1) is 12.4. The van der Waals surface area contributed by atoms with Gasteiger partial charge in [0, 0.05) is 31.2 Å². The molecule has 0 bridgehead atoms. The van der Waals surface area contributed by atoms with Crippen LogP contribution in [-0.2, 0) is 13.1 Å². The maximum atomic E-state index is 4.72. The topological polar surface area (TPSA) is 76.3 Å². The second kappa shape index (κ2) is 5.71. The number of hydrogen-bond donors (Lipinski definition) is 2. The highest BCUT2D eigenvalue weighted by atomic mass is 15.3. The number of imidazole rings is 2.